The monoisotopic (exact) mass is 391 g/mol. The molecule has 0 heterocycles. The molecule has 0 unspecified atom stereocenters. The number of nitrogens with one attached hydrogen (secondary N) is 1. The van der Waals surface area contributed by atoms with E-state index in [1.807, 2.05) is 0 Å². The quantitative estimate of drug-likeness (QED) is 0.576. The number of nitro benzene ring substituents is 1. The van der Waals surface area contributed by atoms with E-state index in [9.17, 15) is 19.7 Å². The maximum absolute atomic E-state index is 12.7. The molecule has 2 amide bonds. The van der Waals surface area contributed by atoms with Crippen LogP contribution in [0.25, 0.3) is 0 Å². The summed E-state index contributed by atoms with van der Waals surface area (Å²) in [4.78, 5) is 36.5. The molecule has 8 nitrogen and oxygen atoms in total. The van der Waals surface area contributed by atoms with Crippen LogP contribution >= 0.6 is 11.6 Å². The number of methoxy groups -OCH3 is 1. The van der Waals surface area contributed by atoms with Gasteiger partial charge in [-0.1, -0.05) is 17.7 Å². The lowest BCUT2D eigenvalue weighted by atomic mass is 10.1. The molecule has 0 aliphatic rings. The highest BCUT2D eigenvalue weighted by Gasteiger charge is 2.22. The molecule has 2 rings (SSSR count). The van der Waals surface area contributed by atoms with Crippen molar-refractivity contribution >= 4 is 34.8 Å². The van der Waals surface area contributed by atoms with Gasteiger partial charge in [-0.15, -0.1) is 0 Å². The van der Waals surface area contributed by atoms with E-state index in [1.165, 1.54) is 24.1 Å². The number of amides is 2. The van der Waals surface area contributed by atoms with Crippen molar-refractivity contribution in [3.8, 4) is 5.75 Å². The van der Waals surface area contributed by atoms with Gasteiger partial charge in [0, 0.05) is 30.4 Å². The molecule has 0 aliphatic heterocycles. The molecule has 9 heteroatoms. The van der Waals surface area contributed by atoms with E-state index in [1.54, 1.807) is 31.2 Å². The van der Waals surface area contributed by atoms with E-state index in [4.69, 9.17) is 16.3 Å². The van der Waals surface area contributed by atoms with Gasteiger partial charge in [0.05, 0.1) is 22.6 Å². The molecule has 0 aromatic heterocycles. The zero-order valence-electron chi connectivity index (χ0n) is 14.8. The van der Waals surface area contributed by atoms with Gasteiger partial charge in [-0.25, -0.2) is 0 Å². The Hall–Kier alpha value is -3.13. The summed E-state index contributed by atoms with van der Waals surface area (Å²) in [7, 11) is 1.52. The maximum atomic E-state index is 12.7. The summed E-state index contributed by atoms with van der Waals surface area (Å²) in [5.74, 6) is -0.397. The topological polar surface area (TPSA) is 102 Å². The second kappa shape index (κ2) is 9.00. The molecule has 0 bridgehead atoms. The number of carbonyl (C=O) groups excluding carboxylic acids is 2. The van der Waals surface area contributed by atoms with Crippen LogP contribution in [0.4, 0.5) is 11.4 Å². The van der Waals surface area contributed by atoms with Crippen molar-refractivity contribution in [1.29, 1.82) is 0 Å². The second-order valence-electron chi connectivity index (χ2n) is 5.52. The Bertz CT molecular complexity index is 872. The molecular weight excluding hydrogens is 374 g/mol. The van der Waals surface area contributed by atoms with Crippen molar-refractivity contribution in [3.05, 3.63) is 63.2 Å². The highest BCUT2D eigenvalue weighted by atomic mass is 35.5. The summed E-state index contributed by atoms with van der Waals surface area (Å²) in [5, 5.41) is 13.7. The van der Waals surface area contributed by atoms with Crippen molar-refractivity contribution in [2.24, 2.45) is 0 Å². The minimum atomic E-state index is -0.612. The number of benzene rings is 2. The van der Waals surface area contributed by atoms with E-state index in [2.05, 4.69) is 5.32 Å². The van der Waals surface area contributed by atoms with E-state index in [0.29, 0.717) is 11.4 Å². The van der Waals surface area contributed by atoms with E-state index < -0.39 is 16.7 Å². The van der Waals surface area contributed by atoms with Gasteiger partial charge in [-0.2, -0.15) is 0 Å². The number of nitrogens with zero attached hydrogens (tertiary/aromatic N) is 2. The molecule has 0 spiro atoms. The summed E-state index contributed by atoms with van der Waals surface area (Å²) in [6.07, 6.45) is 0. The van der Waals surface area contributed by atoms with Gasteiger partial charge in [-0.05, 0) is 25.1 Å². The van der Waals surface area contributed by atoms with E-state index in [0.717, 1.165) is 6.07 Å². The van der Waals surface area contributed by atoms with Gasteiger partial charge < -0.3 is 15.0 Å². The van der Waals surface area contributed by atoms with Crippen molar-refractivity contribution < 1.29 is 19.2 Å². The number of likely N-dealkylation sites (N-methyl/N-ethyl adjacent to an activating group) is 1. The summed E-state index contributed by atoms with van der Waals surface area (Å²) >= 11 is 6.01. The molecule has 0 saturated carbocycles. The molecule has 142 valence electrons. The van der Waals surface area contributed by atoms with E-state index in [-0.39, 0.29) is 29.4 Å². The number of rotatable bonds is 7. The van der Waals surface area contributed by atoms with Gasteiger partial charge in [0.15, 0.2) is 0 Å². The Kier molecular flexibility index (Phi) is 6.73. The van der Waals surface area contributed by atoms with Crippen LogP contribution in [0.1, 0.15) is 17.3 Å². The SMILES string of the molecule is CCN(CC(=O)Nc1cccc(OC)c1)C(=O)c1cc([N+](=O)[O-])ccc1Cl. The maximum Gasteiger partial charge on any atom is 0.270 e. The molecule has 0 fully saturated rings. The van der Waals surface area contributed by atoms with Crippen LogP contribution in [0.2, 0.25) is 5.02 Å². The lowest BCUT2D eigenvalue weighted by Gasteiger charge is -2.21. The van der Waals surface area contributed by atoms with Crippen molar-refractivity contribution in [2.45, 2.75) is 6.92 Å². The van der Waals surface area contributed by atoms with E-state index >= 15 is 0 Å². The van der Waals surface area contributed by atoms with Gasteiger partial charge in [0.25, 0.3) is 11.6 Å². The smallest absolute Gasteiger partial charge is 0.270 e. The Labute approximate surface area is 160 Å². The average molecular weight is 392 g/mol. The first-order valence-corrected chi connectivity index (χ1v) is 8.40. The number of halogens is 1. The molecule has 2 aromatic carbocycles. The van der Waals surface area contributed by atoms with Crippen LogP contribution < -0.4 is 10.1 Å². The van der Waals surface area contributed by atoms with Crippen molar-refractivity contribution in [1.82, 2.24) is 4.90 Å². The molecule has 0 atom stereocenters. The minimum Gasteiger partial charge on any atom is -0.497 e. The fraction of sp³-hybridized carbons (Fsp3) is 0.222. The fourth-order valence-corrected chi connectivity index (χ4v) is 2.56. The number of anilines is 1. The van der Waals surface area contributed by atoms with Crippen LogP contribution in [-0.4, -0.2) is 41.8 Å². The third-order valence-electron chi connectivity index (χ3n) is 3.75. The average Bonchev–Trinajstić information content (AvgIpc) is 2.65. The van der Waals surface area contributed by atoms with Gasteiger partial charge in [-0.3, -0.25) is 19.7 Å². The van der Waals surface area contributed by atoms with Crippen LogP contribution in [0.5, 0.6) is 5.75 Å². The standard InChI is InChI=1S/C18H18ClN3O5/c1-3-21(11-17(23)20-12-5-4-6-14(9-12)27-2)18(24)15-10-13(22(25)26)7-8-16(15)19/h4-10H,3,11H2,1-2H3,(H,20,23). The minimum absolute atomic E-state index is 0.0260. The summed E-state index contributed by atoms with van der Waals surface area (Å²) in [6, 6.07) is 10.4. The summed E-state index contributed by atoms with van der Waals surface area (Å²) in [6.45, 7) is 1.69. The lowest BCUT2D eigenvalue weighted by Crippen LogP contribution is -2.38. The number of hydrogen-bond donors (Lipinski definition) is 1. The van der Waals surface area contributed by atoms with Crippen LogP contribution in [0, 0.1) is 10.1 Å². The molecule has 0 radical (unpaired) electrons. The largest absolute Gasteiger partial charge is 0.497 e. The number of non-ortho nitro benzene ring substituents is 1. The van der Waals surface area contributed by atoms with Crippen molar-refractivity contribution in [3.63, 3.8) is 0 Å². The first kappa shape index (κ1) is 20.2. The predicted octanol–water partition coefficient (Wildman–Crippen LogP) is 3.36. The number of hydrogen-bond acceptors (Lipinski definition) is 5. The number of carbonyl (C=O) groups is 2. The Morgan fingerprint density at radius 1 is 1.26 bits per heavy atom. The number of nitro groups is 1. The first-order chi connectivity index (χ1) is 12.8. The first-order valence-electron chi connectivity index (χ1n) is 8.02. The highest BCUT2D eigenvalue weighted by molar-refractivity contribution is 6.34. The number of ether oxygens (including phenoxy) is 1. The van der Waals surface area contributed by atoms with Gasteiger partial charge >= 0.3 is 0 Å². The molecule has 0 aliphatic carbocycles. The zero-order valence-corrected chi connectivity index (χ0v) is 15.5. The molecule has 27 heavy (non-hydrogen) atoms. The van der Waals surface area contributed by atoms with Crippen molar-refractivity contribution in [2.75, 3.05) is 25.5 Å². The highest BCUT2D eigenvalue weighted by Crippen LogP contribution is 2.23. The Morgan fingerprint density at radius 3 is 2.63 bits per heavy atom. The Morgan fingerprint density at radius 2 is 2.00 bits per heavy atom. The van der Waals surface area contributed by atoms with Gasteiger partial charge in [0.1, 0.15) is 12.3 Å². The van der Waals surface area contributed by atoms with Gasteiger partial charge in [0.2, 0.25) is 5.91 Å². The fourth-order valence-electron chi connectivity index (χ4n) is 2.36. The summed E-state index contributed by atoms with van der Waals surface area (Å²) in [5.41, 5.74) is 0.248. The van der Waals surface area contributed by atoms with Crippen LogP contribution in [0.3, 0.4) is 0 Å². The zero-order chi connectivity index (χ0) is 20.0. The molecule has 1 N–H and O–H groups in total. The normalized spacial score (nSPS) is 10.2. The summed E-state index contributed by atoms with van der Waals surface area (Å²) < 4.78 is 5.09. The molecule has 0 saturated heterocycles. The Balaban J connectivity index is 2.14. The van der Waals surface area contributed by atoms with Crippen LogP contribution in [0.15, 0.2) is 42.5 Å². The lowest BCUT2D eigenvalue weighted by molar-refractivity contribution is -0.384. The predicted molar refractivity (Wildman–Crippen MR) is 101 cm³/mol. The third kappa shape index (κ3) is 5.18. The second-order valence-corrected chi connectivity index (χ2v) is 5.93. The molecule has 2 aromatic rings. The van der Waals surface area contributed by atoms with Crippen LogP contribution in [-0.2, 0) is 4.79 Å². The third-order valence-corrected chi connectivity index (χ3v) is 4.08. The molecular formula is C18H18ClN3O5.